The number of amides is 1. The van der Waals surface area contributed by atoms with Gasteiger partial charge in [0.1, 0.15) is 0 Å². The van der Waals surface area contributed by atoms with E-state index in [1.54, 1.807) is 22.9 Å². The minimum absolute atomic E-state index is 0.0437. The topological polar surface area (TPSA) is 70.1 Å². The second-order valence-electron chi connectivity index (χ2n) is 5.73. The molecule has 0 aliphatic carbocycles. The lowest BCUT2D eigenvalue weighted by atomic mass is 10.1. The molecule has 0 spiro atoms. The number of aliphatic carboxylic acids is 1. The Morgan fingerprint density at radius 1 is 1.57 bits per heavy atom. The zero-order chi connectivity index (χ0) is 17.0. The number of likely N-dealkylation sites (N-methyl/N-ethyl adjacent to an activating group) is 1. The van der Waals surface area contributed by atoms with Crippen LogP contribution in [0.1, 0.15) is 17.7 Å². The van der Waals surface area contributed by atoms with Crippen molar-refractivity contribution in [3.05, 3.63) is 21.3 Å². The molecule has 2 unspecified atom stereocenters. The van der Waals surface area contributed by atoms with Crippen LogP contribution in [0.15, 0.2) is 12.1 Å². The molecule has 1 amide bonds. The largest absolute Gasteiger partial charge is 0.480 e. The van der Waals surface area contributed by atoms with E-state index in [2.05, 4.69) is 0 Å². The lowest BCUT2D eigenvalue weighted by Gasteiger charge is -2.35. The molecular formula is C15H21ClN2O4S. The van der Waals surface area contributed by atoms with Gasteiger partial charge in [-0.05, 0) is 26.1 Å². The zero-order valence-corrected chi connectivity index (χ0v) is 14.8. The van der Waals surface area contributed by atoms with E-state index in [1.165, 1.54) is 11.3 Å². The average Bonchev–Trinajstić information content (AvgIpc) is 2.91. The van der Waals surface area contributed by atoms with Crippen LogP contribution in [0, 0.1) is 0 Å². The lowest BCUT2D eigenvalue weighted by molar-refractivity contribution is -0.143. The van der Waals surface area contributed by atoms with Gasteiger partial charge in [-0.25, -0.2) is 0 Å². The fourth-order valence-electron chi connectivity index (χ4n) is 2.63. The van der Waals surface area contributed by atoms with E-state index >= 15 is 0 Å². The first-order chi connectivity index (χ1) is 10.9. The van der Waals surface area contributed by atoms with Gasteiger partial charge in [0.2, 0.25) is 5.91 Å². The first-order valence-corrected chi connectivity index (χ1v) is 8.62. The van der Waals surface area contributed by atoms with E-state index in [-0.39, 0.29) is 24.5 Å². The molecule has 1 fully saturated rings. The Hall–Kier alpha value is -1.15. The molecule has 2 rings (SSSR count). The van der Waals surface area contributed by atoms with Crippen LogP contribution in [-0.4, -0.2) is 72.7 Å². The van der Waals surface area contributed by atoms with Crippen molar-refractivity contribution in [3.63, 3.8) is 0 Å². The summed E-state index contributed by atoms with van der Waals surface area (Å²) in [5, 5.41) is 8.80. The third-order valence-corrected chi connectivity index (χ3v) is 5.18. The molecule has 23 heavy (non-hydrogen) atoms. The summed E-state index contributed by atoms with van der Waals surface area (Å²) in [5.74, 6) is -1.06. The fraction of sp³-hybridized carbons (Fsp3) is 0.600. The Labute approximate surface area is 144 Å². The molecule has 2 heterocycles. The van der Waals surface area contributed by atoms with Crippen molar-refractivity contribution >= 4 is 34.8 Å². The van der Waals surface area contributed by atoms with E-state index in [1.807, 2.05) is 13.0 Å². The van der Waals surface area contributed by atoms with Crippen LogP contribution in [0.2, 0.25) is 4.34 Å². The summed E-state index contributed by atoms with van der Waals surface area (Å²) in [6.07, 6.45) is -0.170. The van der Waals surface area contributed by atoms with Crippen LogP contribution in [0.5, 0.6) is 0 Å². The predicted octanol–water partition coefficient (Wildman–Crippen LogP) is 1.75. The van der Waals surface area contributed by atoms with Crippen molar-refractivity contribution in [2.24, 2.45) is 0 Å². The van der Waals surface area contributed by atoms with E-state index in [4.69, 9.17) is 21.4 Å². The van der Waals surface area contributed by atoms with Gasteiger partial charge in [0.05, 0.1) is 29.5 Å². The number of thiophene rings is 1. The quantitative estimate of drug-likeness (QED) is 0.837. The van der Waals surface area contributed by atoms with Crippen LogP contribution in [-0.2, 0) is 14.3 Å². The smallest absolute Gasteiger partial charge is 0.317 e. The molecule has 6 nitrogen and oxygen atoms in total. The van der Waals surface area contributed by atoms with Gasteiger partial charge in [-0.3, -0.25) is 14.5 Å². The number of nitrogens with zero attached hydrogens (tertiary/aromatic N) is 2. The molecule has 1 N–H and O–H groups in total. The molecule has 1 aromatic heterocycles. The van der Waals surface area contributed by atoms with Gasteiger partial charge in [0.25, 0.3) is 0 Å². The van der Waals surface area contributed by atoms with Crippen molar-refractivity contribution in [2.75, 3.05) is 39.8 Å². The maximum Gasteiger partial charge on any atom is 0.317 e. The number of carboxylic acids is 1. The number of ether oxygens (including phenoxy) is 1. The third-order valence-electron chi connectivity index (χ3n) is 3.76. The van der Waals surface area contributed by atoms with Gasteiger partial charge in [-0.1, -0.05) is 11.6 Å². The highest BCUT2D eigenvalue weighted by atomic mass is 35.5. The molecule has 1 aromatic rings. The molecule has 2 atom stereocenters. The highest BCUT2D eigenvalue weighted by molar-refractivity contribution is 7.16. The molecule has 0 aromatic carbocycles. The summed E-state index contributed by atoms with van der Waals surface area (Å²) in [6.45, 7) is 3.82. The normalized spacial score (nSPS) is 19.8. The number of morpholine rings is 1. The molecule has 1 aliphatic rings. The first kappa shape index (κ1) is 18.2. The first-order valence-electron chi connectivity index (χ1n) is 7.42. The van der Waals surface area contributed by atoms with Gasteiger partial charge in [0, 0.05) is 24.5 Å². The van der Waals surface area contributed by atoms with E-state index in [9.17, 15) is 9.59 Å². The SMILES string of the molecule is CC(C(=O)N1CCOC(CN(C)CC(=O)O)C1)c1ccc(Cl)s1. The molecule has 0 bridgehead atoms. The summed E-state index contributed by atoms with van der Waals surface area (Å²) in [4.78, 5) is 27.8. The Bertz CT molecular complexity index is 565. The maximum absolute atomic E-state index is 12.6. The van der Waals surface area contributed by atoms with Gasteiger partial charge in [-0.2, -0.15) is 0 Å². The highest BCUT2D eigenvalue weighted by Gasteiger charge is 2.29. The van der Waals surface area contributed by atoms with Crippen LogP contribution in [0.3, 0.4) is 0 Å². The highest BCUT2D eigenvalue weighted by Crippen LogP contribution is 2.29. The Kier molecular flexibility index (Phi) is 6.41. The summed E-state index contributed by atoms with van der Waals surface area (Å²) < 4.78 is 6.33. The number of carboxylic acid groups (broad SMARTS) is 1. The molecule has 8 heteroatoms. The Morgan fingerprint density at radius 2 is 2.30 bits per heavy atom. The van der Waals surface area contributed by atoms with E-state index in [0.717, 1.165) is 4.88 Å². The van der Waals surface area contributed by atoms with Gasteiger partial charge in [0.15, 0.2) is 0 Å². The van der Waals surface area contributed by atoms with Crippen molar-refractivity contribution < 1.29 is 19.4 Å². The monoisotopic (exact) mass is 360 g/mol. The summed E-state index contributed by atoms with van der Waals surface area (Å²) in [6, 6.07) is 3.68. The standard InChI is InChI=1S/C15H21ClN2O4S/c1-10(12-3-4-13(16)23-12)15(21)18-5-6-22-11(8-18)7-17(2)9-14(19)20/h3-4,10-11H,5-9H2,1-2H3,(H,19,20). The van der Waals surface area contributed by atoms with Crippen LogP contribution >= 0.6 is 22.9 Å². The van der Waals surface area contributed by atoms with Crippen molar-refractivity contribution in [1.82, 2.24) is 9.80 Å². The lowest BCUT2D eigenvalue weighted by Crippen LogP contribution is -2.50. The molecule has 0 saturated carbocycles. The second-order valence-corrected chi connectivity index (χ2v) is 7.48. The number of carbonyl (C=O) groups excluding carboxylic acids is 1. The molecule has 128 valence electrons. The Balaban J connectivity index is 1.92. The number of hydrogen-bond acceptors (Lipinski definition) is 5. The van der Waals surface area contributed by atoms with Crippen LogP contribution in [0.25, 0.3) is 0 Å². The average molecular weight is 361 g/mol. The fourth-order valence-corrected chi connectivity index (χ4v) is 3.73. The molecule has 0 radical (unpaired) electrons. The van der Waals surface area contributed by atoms with Gasteiger partial charge < -0.3 is 14.7 Å². The summed E-state index contributed by atoms with van der Waals surface area (Å²) >= 11 is 7.36. The molecular weight excluding hydrogens is 340 g/mol. The maximum atomic E-state index is 12.6. The van der Waals surface area contributed by atoms with Crippen molar-refractivity contribution in [2.45, 2.75) is 18.9 Å². The summed E-state index contributed by atoms with van der Waals surface area (Å²) in [7, 11) is 1.73. The minimum Gasteiger partial charge on any atom is -0.480 e. The minimum atomic E-state index is -0.876. The van der Waals surface area contributed by atoms with E-state index in [0.29, 0.717) is 30.6 Å². The van der Waals surface area contributed by atoms with Gasteiger partial charge in [-0.15, -0.1) is 11.3 Å². The number of halogens is 1. The molecule has 1 saturated heterocycles. The number of rotatable bonds is 6. The zero-order valence-electron chi connectivity index (χ0n) is 13.2. The third kappa shape index (κ3) is 5.17. The van der Waals surface area contributed by atoms with Crippen molar-refractivity contribution in [1.29, 1.82) is 0 Å². The summed E-state index contributed by atoms with van der Waals surface area (Å²) in [5.41, 5.74) is 0. The van der Waals surface area contributed by atoms with Crippen LogP contribution in [0.4, 0.5) is 0 Å². The second kappa shape index (κ2) is 8.10. The predicted molar refractivity (Wildman–Crippen MR) is 89.2 cm³/mol. The van der Waals surface area contributed by atoms with E-state index < -0.39 is 5.97 Å². The van der Waals surface area contributed by atoms with Crippen LogP contribution < -0.4 is 0 Å². The molecule has 1 aliphatic heterocycles. The number of hydrogen-bond donors (Lipinski definition) is 1. The Morgan fingerprint density at radius 3 is 2.91 bits per heavy atom. The van der Waals surface area contributed by atoms with Gasteiger partial charge >= 0.3 is 5.97 Å². The number of carbonyl (C=O) groups is 2. The van der Waals surface area contributed by atoms with Crippen molar-refractivity contribution in [3.8, 4) is 0 Å².